The molecule has 0 saturated heterocycles. The minimum absolute atomic E-state index is 0.0799. The zero-order valence-corrected chi connectivity index (χ0v) is 9.01. The molecule has 1 aromatic heterocycles. The summed E-state index contributed by atoms with van der Waals surface area (Å²) in [6, 6.07) is 1.57. The second-order valence-corrected chi connectivity index (χ2v) is 4.78. The molecule has 1 aromatic rings. The van der Waals surface area contributed by atoms with Gasteiger partial charge in [0.15, 0.2) is 0 Å². The first-order valence-electron chi connectivity index (χ1n) is 2.98. The maximum atomic E-state index is 5.58. The number of rotatable bonds is 0. The van der Waals surface area contributed by atoms with Crippen molar-refractivity contribution in [2.75, 3.05) is 0 Å². The first-order chi connectivity index (χ1) is 5.39. The minimum atomic E-state index is -1.54. The van der Waals surface area contributed by atoms with Gasteiger partial charge in [0.05, 0.1) is 5.69 Å². The topological polar surface area (TPSA) is 25.8 Å². The quantitative estimate of drug-likeness (QED) is 0.518. The van der Waals surface area contributed by atoms with Gasteiger partial charge in [0.1, 0.15) is 0 Å². The summed E-state index contributed by atoms with van der Waals surface area (Å²) in [5, 5.41) is 0.0799. The van der Waals surface area contributed by atoms with Gasteiger partial charge in [-0.1, -0.05) is 34.8 Å². The predicted molar refractivity (Wildman–Crippen MR) is 51.0 cm³/mol. The Morgan fingerprint density at radius 1 is 1.25 bits per heavy atom. The van der Waals surface area contributed by atoms with E-state index in [-0.39, 0.29) is 11.0 Å². The number of aryl methyl sites for hydroxylation is 1. The average molecular weight is 246 g/mol. The van der Waals surface area contributed by atoms with Crippen LogP contribution in [0.1, 0.15) is 11.4 Å². The van der Waals surface area contributed by atoms with E-state index in [1.54, 1.807) is 13.0 Å². The molecule has 0 amide bonds. The van der Waals surface area contributed by atoms with Gasteiger partial charge in [-0.2, -0.15) is 0 Å². The summed E-state index contributed by atoms with van der Waals surface area (Å²) in [7, 11) is 0. The third kappa shape index (κ3) is 2.63. The van der Waals surface area contributed by atoms with Crippen LogP contribution in [-0.4, -0.2) is 9.97 Å². The van der Waals surface area contributed by atoms with E-state index in [9.17, 15) is 0 Å². The molecule has 0 atom stereocenters. The van der Waals surface area contributed by atoms with E-state index >= 15 is 0 Å². The molecule has 6 heteroatoms. The smallest absolute Gasteiger partial charge is 0.223 e. The molecule has 12 heavy (non-hydrogen) atoms. The van der Waals surface area contributed by atoms with E-state index < -0.39 is 3.79 Å². The van der Waals surface area contributed by atoms with Gasteiger partial charge in [-0.05, 0) is 24.6 Å². The summed E-state index contributed by atoms with van der Waals surface area (Å²) >= 11 is 22.3. The third-order valence-corrected chi connectivity index (χ3v) is 1.87. The maximum Gasteiger partial charge on any atom is 0.232 e. The highest BCUT2D eigenvalue weighted by Gasteiger charge is 2.25. The molecule has 0 unspecified atom stereocenters. The third-order valence-electron chi connectivity index (χ3n) is 1.12. The Hall–Kier alpha value is 0.240. The van der Waals surface area contributed by atoms with Crippen molar-refractivity contribution in [2.45, 2.75) is 10.7 Å². The van der Waals surface area contributed by atoms with Gasteiger partial charge in [0, 0.05) is 5.69 Å². The molecule has 0 radical (unpaired) electrons. The summed E-state index contributed by atoms with van der Waals surface area (Å²) in [6.07, 6.45) is 0. The molecule has 0 aliphatic rings. The van der Waals surface area contributed by atoms with Crippen LogP contribution in [-0.2, 0) is 3.79 Å². The normalized spacial score (nSPS) is 11.8. The molecule has 2 nitrogen and oxygen atoms in total. The zero-order valence-electron chi connectivity index (χ0n) is 5.98. The van der Waals surface area contributed by atoms with Crippen molar-refractivity contribution in [3.8, 4) is 0 Å². The number of nitrogens with zero attached hydrogens (tertiary/aromatic N) is 2. The highest BCUT2D eigenvalue weighted by atomic mass is 35.6. The first kappa shape index (κ1) is 10.3. The molecular weight excluding hydrogens is 242 g/mol. The predicted octanol–water partition coefficient (Wildman–Crippen LogP) is 3.27. The summed E-state index contributed by atoms with van der Waals surface area (Å²) in [5.74, 6) is 0. The lowest BCUT2D eigenvalue weighted by Gasteiger charge is -2.09. The molecule has 0 spiro atoms. The highest BCUT2D eigenvalue weighted by molar-refractivity contribution is 6.66. The van der Waals surface area contributed by atoms with Gasteiger partial charge >= 0.3 is 0 Å². The lowest BCUT2D eigenvalue weighted by Crippen LogP contribution is -2.05. The highest BCUT2D eigenvalue weighted by Crippen LogP contribution is 2.37. The average Bonchev–Trinajstić information content (AvgIpc) is 1.82. The van der Waals surface area contributed by atoms with E-state index in [4.69, 9.17) is 46.4 Å². The summed E-state index contributed by atoms with van der Waals surface area (Å²) in [5.41, 5.74) is 0.946. The fraction of sp³-hybridized carbons (Fsp3) is 0.333. The van der Waals surface area contributed by atoms with E-state index in [0.29, 0.717) is 5.69 Å². The largest absolute Gasteiger partial charge is 0.232 e. The van der Waals surface area contributed by atoms with Gasteiger partial charge in [-0.3, -0.25) is 0 Å². The second-order valence-electron chi connectivity index (χ2n) is 2.16. The minimum Gasteiger partial charge on any atom is -0.223 e. The molecular formula is C6H4Cl4N2. The van der Waals surface area contributed by atoms with Crippen molar-refractivity contribution in [1.82, 2.24) is 9.97 Å². The van der Waals surface area contributed by atoms with E-state index in [0.717, 1.165) is 0 Å². The molecule has 0 aliphatic carbocycles. The first-order valence-corrected chi connectivity index (χ1v) is 4.49. The summed E-state index contributed by atoms with van der Waals surface area (Å²) < 4.78 is -1.54. The molecule has 0 N–H and O–H groups in total. The van der Waals surface area contributed by atoms with Crippen molar-refractivity contribution >= 4 is 46.4 Å². The van der Waals surface area contributed by atoms with Crippen LogP contribution in [0.25, 0.3) is 0 Å². The number of alkyl halides is 3. The molecule has 0 saturated carbocycles. The zero-order chi connectivity index (χ0) is 9.35. The van der Waals surface area contributed by atoms with Crippen LogP contribution in [0.3, 0.4) is 0 Å². The fourth-order valence-electron chi connectivity index (χ4n) is 0.678. The Morgan fingerprint density at radius 2 is 1.83 bits per heavy atom. The van der Waals surface area contributed by atoms with E-state index in [1.165, 1.54) is 0 Å². The number of halogens is 4. The Labute approximate surface area is 89.8 Å². The van der Waals surface area contributed by atoms with E-state index in [1.807, 2.05) is 0 Å². The lowest BCUT2D eigenvalue weighted by molar-refractivity contribution is 1.00. The van der Waals surface area contributed by atoms with E-state index in [2.05, 4.69) is 9.97 Å². The van der Waals surface area contributed by atoms with Crippen LogP contribution in [0.2, 0.25) is 5.28 Å². The number of hydrogen-bond acceptors (Lipinski definition) is 2. The number of hydrogen-bond donors (Lipinski definition) is 0. The van der Waals surface area contributed by atoms with Gasteiger partial charge < -0.3 is 0 Å². The molecule has 0 aliphatic heterocycles. The molecule has 0 bridgehead atoms. The Morgan fingerprint density at radius 3 is 2.25 bits per heavy atom. The number of aromatic nitrogens is 2. The van der Waals surface area contributed by atoms with Gasteiger partial charge in [-0.25, -0.2) is 9.97 Å². The second kappa shape index (κ2) is 3.54. The van der Waals surface area contributed by atoms with Crippen molar-refractivity contribution in [3.05, 3.63) is 22.7 Å². The van der Waals surface area contributed by atoms with Crippen LogP contribution in [0.5, 0.6) is 0 Å². The van der Waals surface area contributed by atoms with Crippen LogP contribution in [0.4, 0.5) is 0 Å². The standard InChI is InChI=1S/C6H4Cl4N2/c1-3-2-4(6(8,9)10)12-5(7)11-3/h2H,1H3. The molecule has 66 valence electrons. The van der Waals surface area contributed by atoms with Crippen molar-refractivity contribution < 1.29 is 0 Å². The Bertz CT molecular complexity index is 274. The fourth-order valence-corrected chi connectivity index (χ4v) is 1.19. The maximum absolute atomic E-state index is 5.58. The van der Waals surface area contributed by atoms with Gasteiger partial charge in [0.25, 0.3) is 0 Å². The van der Waals surface area contributed by atoms with Crippen LogP contribution < -0.4 is 0 Å². The molecule has 1 rings (SSSR count). The van der Waals surface area contributed by atoms with Crippen LogP contribution in [0.15, 0.2) is 6.07 Å². The Kier molecular flexibility index (Phi) is 3.05. The van der Waals surface area contributed by atoms with Gasteiger partial charge in [-0.15, -0.1) is 0 Å². The van der Waals surface area contributed by atoms with Crippen molar-refractivity contribution in [2.24, 2.45) is 0 Å². The van der Waals surface area contributed by atoms with Crippen LogP contribution in [0, 0.1) is 6.92 Å². The van der Waals surface area contributed by atoms with Crippen LogP contribution >= 0.6 is 46.4 Å². The summed E-state index contributed by atoms with van der Waals surface area (Å²) in [4.78, 5) is 7.59. The van der Waals surface area contributed by atoms with Crippen molar-refractivity contribution in [1.29, 1.82) is 0 Å². The monoisotopic (exact) mass is 244 g/mol. The molecule has 1 heterocycles. The molecule has 0 fully saturated rings. The van der Waals surface area contributed by atoms with Gasteiger partial charge in [0.2, 0.25) is 9.08 Å². The van der Waals surface area contributed by atoms with Crippen molar-refractivity contribution in [3.63, 3.8) is 0 Å². The Balaban J connectivity index is 3.18. The SMILES string of the molecule is Cc1cc(C(Cl)(Cl)Cl)nc(Cl)n1. The summed E-state index contributed by atoms with van der Waals surface area (Å²) in [6.45, 7) is 1.74. The molecule has 0 aromatic carbocycles. The lowest BCUT2D eigenvalue weighted by atomic mass is 10.3.